The van der Waals surface area contributed by atoms with Gasteiger partial charge in [-0.15, -0.1) is 0 Å². The SMILES string of the molecule is Nc1ncc(-c2cn([C@H]3[C@@H]4CC(N5CCOCC5)C[C@@H]43)c(CC3CC3)n2)cc1C(F)(F)F. The molecule has 2 aromatic heterocycles. The van der Waals surface area contributed by atoms with Gasteiger partial charge in [-0.3, -0.25) is 4.90 Å². The second kappa shape index (κ2) is 7.45. The topological polar surface area (TPSA) is 69.2 Å². The Kier molecular flexibility index (Phi) is 4.77. The molecule has 0 spiro atoms. The number of hydrogen-bond acceptors (Lipinski definition) is 5. The molecular formula is C23H28F3N5O. The monoisotopic (exact) mass is 447 g/mol. The predicted molar refractivity (Wildman–Crippen MR) is 113 cm³/mol. The number of aromatic nitrogens is 3. The van der Waals surface area contributed by atoms with Crippen LogP contribution in [0.2, 0.25) is 0 Å². The third-order valence-electron chi connectivity index (χ3n) is 7.75. The van der Waals surface area contributed by atoms with Gasteiger partial charge in [0.1, 0.15) is 11.6 Å². The van der Waals surface area contributed by atoms with Crippen molar-refractivity contribution >= 4 is 5.82 Å². The highest BCUT2D eigenvalue weighted by molar-refractivity contribution is 5.62. The quantitative estimate of drug-likeness (QED) is 0.756. The van der Waals surface area contributed by atoms with Crippen LogP contribution in [0.5, 0.6) is 0 Å². The van der Waals surface area contributed by atoms with Crippen LogP contribution in [-0.2, 0) is 17.3 Å². The number of halogens is 3. The number of anilines is 1. The molecule has 1 unspecified atom stereocenters. The number of nitrogens with zero attached hydrogens (tertiary/aromatic N) is 4. The van der Waals surface area contributed by atoms with Gasteiger partial charge >= 0.3 is 6.18 Å². The van der Waals surface area contributed by atoms with Crippen LogP contribution in [0.1, 0.15) is 43.1 Å². The van der Waals surface area contributed by atoms with E-state index in [1.165, 1.54) is 31.9 Å². The summed E-state index contributed by atoms with van der Waals surface area (Å²) in [5.74, 6) is 2.44. The van der Waals surface area contributed by atoms with Crippen LogP contribution in [0, 0.1) is 17.8 Å². The summed E-state index contributed by atoms with van der Waals surface area (Å²) in [4.78, 5) is 11.2. The van der Waals surface area contributed by atoms with Crippen molar-refractivity contribution in [2.75, 3.05) is 32.0 Å². The van der Waals surface area contributed by atoms with Crippen molar-refractivity contribution < 1.29 is 17.9 Å². The third kappa shape index (κ3) is 3.69. The molecule has 3 saturated carbocycles. The third-order valence-corrected chi connectivity index (χ3v) is 7.75. The van der Waals surface area contributed by atoms with Crippen molar-refractivity contribution in [3.05, 3.63) is 29.8 Å². The maximum atomic E-state index is 13.3. The van der Waals surface area contributed by atoms with Crippen molar-refractivity contribution in [3.63, 3.8) is 0 Å². The van der Waals surface area contributed by atoms with Crippen LogP contribution in [0.3, 0.4) is 0 Å². The number of nitrogens with two attached hydrogens (primary N) is 1. The maximum Gasteiger partial charge on any atom is 0.419 e. The highest BCUT2D eigenvalue weighted by atomic mass is 19.4. The van der Waals surface area contributed by atoms with Crippen molar-refractivity contribution in [2.24, 2.45) is 17.8 Å². The number of pyridine rings is 1. The molecule has 172 valence electrons. The average Bonchev–Trinajstić information content (AvgIpc) is 3.61. The average molecular weight is 448 g/mol. The lowest BCUT2D eigenvalue weighted by atomic mass is 10.1. The second-order valence-corrected chi connectivity index (χ2v) is 9.84. The van der Waals surface area contributed by atoms with Gasteiger partial charge in [0.25, 0.3) is 0 Å². The first-order chi connectivity index (χ1) is 15.4. The minimum Gasteiger partial charge on any atom is -0.383 e. The molecule has 4 fully saturated rings. The van der Waals surface area contributed by atoms with Gasteiger partial charge in [0.15, 0.2) is 0 Å². The van der Waals surface area contributed by atoms with Crippen LogP contribution >= 0.6 is 0 Å². The summed E-state index contributed by atoms with van der Waals surface area (Å²) in [6.45, 7) is 3.67. The smallest absolute Gasteiger partial charge is 0.383 e. The summed E-state index contributed by atoms with van der Waals surface area (Å²) in [5.41, 5.74) is 5.53. The lowest BCUT2D eigenvalue weighted by Crippen LogP contribution is -2.43. The number of hydrogen-bond donors (Lipinski definition) is 1. The highest BCUT2D eigenvalue weighted by Crippen LogP contribution is 2.62. The van der Waals surface area contributed by atoms with E-state index < -0.39 is 17.6 Å². The Bertz CT molecular complexity index is 1000. The fourth-order valence-electron chi connectivity index (χ4n) is 5.83. The van der Waals surface area contributed by atoms with Crippen LogP contribution in [0.4, 0.5) is 19.0 Å². The van der Waals surface area contributed by atoms with E-state index >= 15 is 0 Å². The molecule has 9 heteroatoms. The van der Waals surface area contributed by atoms with Gasteiger partial charge in [-0.05, 0) is 49.5 Å². The molecule has 3 aliphatic carbocycles. The van der Waals surface area contributed by atoms with Crippen molar-refractivity contribution in [1.29, 1.82) is 0 Å². The van der Waals surface area contributed by atoms with E-state index in [1.807, 2.05) is 6.20 Å². The summed E-state index contributed by atoms with van der Waals surface area (Å²) >= 11 is 0. The summed E-state index contributed by atoms with van der Waals surface area (Å²) in [7, 11) is 0. The van der Waals surface area contributed by atoms with Crippen molar-refractivity contribution in [1.82, 2.24) is 19.4 Å². The Morgan fingerprint density at radius 2 is 1.84 bits per heavy atom. The van der Waals surface area contributed by atoms with E-state index in [0.29, 0.717) is 41.1 Å². The van der Waals surface area contributed by atoms with Gasteiger partial charge in [-0.2, -0.15) is 13.2 Å². The number of rotatable bonds is 5. The van der Waals surface area contributed by atoms with Crippen molar-refractivity contribution in [3.8, 4) is 11.3 Å². The maximum absolute atomic E-state index is 13.3. The number of nitrogen functional groups attached to an aromatic ring is 1. The van der Waals surface area contributed by atoms with Gasteiger partial charge in [-0.1, -0.05) is 0 Å². The molecule has 1 saturated heterocycles. The molecule has 4 aliphatic rings. The normalized spacial score (nSPS) is 30.5. The molecule has 4 atom stereocenters. The van der Waals surface area contributed by atoms with Crippen LogP contribution in [0.15, 0.2) is 18.5 Å². The first-order valence-electron chi connectivity index (χ1n) is 11.6. The molecular weight excluding hydrogens is 419 g/mol. The van der Waals surface area contributed by atoms with Crippen LogP contribution < -0.4 is 5.73 Å². The van der Waals surface area contributed by atoms with E-state index in [0.717, 1.165) is 44.6 Å². The molecule has 0 amide bonds. The fourth-order valence-corrected chi connectivity index (χ4v) is 5.83. The Labute approximate surface area is 185 Å². The Hall–Kier alpha value is -2.13. The van der Waals surface area contributed by atoms with Gasteiger partial charge in [0, 0.05) is 49.6 Å². The molecule has 0 bridgehead atoms. The fraction of sp³-hybridized carbons (Fsp3) is 0.652. The van der Waals surface area contributed by atoms with E-state index in [1.54, 1.807) is 0 Å². The summed E-state index contributed by atoms with van der Waals surface area (Å²) < 4.78 is 47.8. The first kappa shape index (κ1) is 20.5. The zero-order valence-electron chi connectivity index (χ0n) is 17.9. The Morgan fingerprint density at radius 1 is 1.12 bits per heavy atom. The molecule has 6 nitrogen and oxygen atoms in total. The van der Waals surface area contributed by atoms with E-state index in [-0.39, 0.29) is 0 Å². The number of fused-ring (bicyclic) bond motifs is 1. The lowest BCUT2D eigenvalue weighted by Gasteiger charge is -2.33. The molecule has 2 aromatic rings. The Balaban J connectivity index is 1.25. The van der Waals surface area contributed by atoms with E-state index in [9.17, 15) is 13.2 Å². The number of alkyl halides is 3. The van der Waals surface area contributed by atoms with Crippen LogP contribution in [0.25, 0.3) is 11.3 Å². The van der Waals surface area contributed by atoms with E-state index in [2.05, 4.69) is 14.5 Å². The largest absolute Gasteiger partial charge is 0.419 e. The predicted octanol–water partition coefficient (Wildman–Crippen LogP) is 3.78. The Morgan fingerprint density at radius 3 is 2.50 bits per heavy atom. The van der Waals surface area contributed by atoms with Crippen LogP contribution in [-0.4, -0.2) is 51.8 Å². The minimum atomic E-state index is -4.53. The molecule has 32 heavy (non-hydrogen) atoms. The standard InChI is InChI=1S/C23H28F3N5O/c24-23(25,26)18-8-14(11-28-22(18)27)19-12-31(20(29-19)7-13-1-2-13)21-16-9-15(10-17(16)21)30-3-5-32-6-4-30/h8,11-13,15-17,21H,1-7,9-10H2,(H2,27,28)/t15?,16-,17+,21+. The van der Waals surface area contributed by atoms with E-state index in [4.69, 9.17) is 15.5 Å². The molecule has 1 aliphatic heterocycles. The van der Waals surface area contributed by atoms with Gasteiger partial charge in [0.2, 0.25) is 0 Å². The minimum absolute atomic E-state index is 0.374. The molecule has 3 heterocycles. The molecule has 0 aromatic carbocycles. The summed E-state index contributed by atoms with van der Waals surface area (Å²) in [5, 5.41) is 0. The molecule has 0 radical (unpaired) electrons. The van der Waals surface area contributed by atoms with Gasteiger partial charge in [0.05, 0.1) is 24.5 Å². The second-order valence-electron chi connectivity index (χ2n) is 9.84. The zero-order chi connectivity index (χ0) is 22.0. The zero-order valence-corrected chi connectivity index (χ0v) is 17.9. The number of imidazole rings is 1. The van der Waals surface area contributed by atoms with Gasteiger partial charge < -0.3 is 15.0 Å². The van der Waals surface area contributed by atoms with Gasteiger partial charge in [-0.25, -0.2) is 9.97 Å². The molecule has 2 N–H and O–H groups in total. The van der Waals surface area contributed by atoms with Crippen molar-refractivity contribution in [2.45, 2.75) is 50.4 Å². The highest BCUT2D eigenvalue weighted by Gasteiger charge is 2.58. The first-order valence-corrected chi connectivity index (χ1v) is 11.6. The number of ether oxygens (including phenoxy) is 1. The number of morpholine rings is 1. The molecule has 6 rings (SSSR count). The summed E-state index contributed by atoms with van der Waals surface area (Å²) in [6, 6.07) is 2.14. The summed E-state index contributed by atoms with van der Waals surface area (Å²) in [6.07, 6.45) is 4.52. The lowest BCUT2D eigenvalue weighted by molar-refractivity contribution is -0.137.